The Morgan fingerprint density at radius 2 is 1.95 bits per heavy atom. The predicted molar refractivity (Wildman–Crippen MR) is 78.0 cm³/mol. The first-order valence-electron chi connectivity index (χ1n) is 6.72. The van der Waals surface area contributed by atoms with Crippen molar-refractivity contribution in [2.75, 3.05) is 0 Å². The Bertz CT molecular complexity index is 549. The zero-order valence-electron chi connectivity index (χ0n) is 10.7. The summed E-state index contributed by atoms with van der Waals surface area (Å²) in [7, 11) is 0. The molecule has 1 aliphatic rings. The lowest BCUT2D eigenvalue weighted by Gasteiger charge is -2.39. The van der Waals surface area contributed by atoms with Crippen LogP contribution in [0.25, 0.3) is 0 Å². The highest BCUT2D eigenvalue weighted by atomic mass is 79.9. The van der Waals surface area contributed by atoms with Crippen molar-refractivity contribution < 1.29 is 9.52 Å². The molecule has 2 unspecified atom stereocenters. The second-order valence-electron chi connectivity index (χ2n) is 5.23. The third-order valence-corrected chi connectivity index (χ3v) is 4.71. The third kappa shape index (κ3) is 2.26. The van der Waals surface area contributed by atoms with Crippen molar-refractivity contribution in [1.29, 1.82) is 0 Å². The van der Waals surface area contributed by atoms with Crippen LogP contribution in [-0.4, -0.2) is 5.11 Å². The molecule has 0 amide bonds. The molecule has 1 fully saturated rings. The van der Waals surface area contributed by atoms with Gasteiger partial charge >= 0.3 is 0 Å². The Morgan fingerprint density at radius 1 is 1.16 bits per heavy atom. The van der Waals surface area contributed by atoms with Crippen LogP contribution in [0.5, 0.6) is 0 Å². The minimum atomic E-state index is -0.901. The molecule has 3 rings (SSSR count). The first-order valence-corrected chi connectivity index (χ1v) is 7.52. The van der Waals surface area contributed by atoms with Gasteiger partial charge in [0.05, 0.1) is 10.7 Å². The number of benzene rings is 1. The van der Waals surface area contributed by atoms with E-state index in [0.29, 0.717) is 5.76 Å². The van der Waals surface area contributed by atoms with Crippen molar-refractivity contribution >= 4 is 15.9 Å². The van der Waals surface area contributed by atoms with Crippen molar-refractivity contribution in [1.82, 2.24) is 0 Å². The number of aliphatic hydroxyl groups is 1. The smallest absolute Gasteiger partial charge is 0.150 e. The molecule has 3 heteroatoms. The molecule has 19 heavy (non-hydrogen) atoms. The van der Waals surface area contributed by atoms with E-state index in [-0.39, 0.29) is 5.92 Å². The lowest BCUT2D eigenvalue weighted by Crippen LogP contribution is -2.36. The molecule has 1 heterocycles. The number of furan rings is 1. The molecule has 100 valence electrons. The van der Waals surface area contributed by atoms with Gasteiger partial charge in [-0.3, -0.25) is 0 Å². The van der Waals surface area contributed by atoms with Crippen molar-refractivity contribution in [3.63, 3.8) is 0 Å². The maximum absolute atomic E-state index is 11.2. The van der Waals surface area contributed by atoms with E-state index in [4.69, 9.17) is 4.42 Å². The average Bonchev–Trinajstić information content (AvgIpc) is 2.87. The molecule has 1 aromatic heterocycles. The molecule has 0 radical (unpaired) electrons. The summed E-state index contributed by atoms with van der Waals surface area (Å²) in [4.78, 5) is 0. The minimum absolute atomic E-state index is 0.102. The van der Waals surface area contributed by atoms with Gasteiger partial charge in [-0.1, -0.05) is 43.2 Å². The van der Waals surface area contributed by atoms with Gasteiger partial charge in [0.25, 0.3) is 0 Å². The van der Waals surface area contributed by atoms with E-state index in [1.165, 1.54) is 5.56 Å². The molecular formula is C16H17BrO2. The van der Waals surface area contributed by atoms with Crippen molar-refractivity contribution in [2.45, 2.75) is 37.2 Å². The van der Waals surface area contributed by atoms with Crippen LogP contribution in [-0.2, 0) is 5.60 Å². The number of hydrogen-bond acceptors (Lipinski definition) is 2. The molecule has 2 aromatic rings. The monoisotopic (exact) mass is 320 g/mol. The fourth-order valence-electron chi connectivity index (χ4n) is 3.16. The SMILES string of the molecule is OC1(c2occc2Br)CCCCC1c1ccccc1. The predicted octanol–water partition coefficient (Wildman–Crippen LogP) is 4.59. The summed E-state index contributed by atoms with van der Waals surface area (Å²) in [5, 5.41) is 11.2. The molecule has 0 bridgehead atoms. The van der Waals surface area contributed by atoms with Gasteiger partial charge in [0.15, 0.2) is 0 Å². The van der Waals surface area contributed by atoms with Gasteiger partial charge in [-0.05, 0) is 40.4 Å². The molecule has 1 aromatic carbocycles. The molecule has 2 atom stereocenters. The van der Waals surface area contributed by atoms with Crippen LogP contribution in [0.1, 0.15) is 42.9 Å². The maximum atomic E-state index is 11.2. The molecule has 0 spiro atoms. The highest BCUT2D eigenvalue weighted by Crippen LogP contribution is 2.49. The topological polar surface area (TPSA) is 33.4 Å². The lowest BCUT2D eigenvalue weighted by atomic mass is 9.71. The van der Waals surface area contributed by atoms with E-state index in [1.807, 2.05) is 24.3 Å². The molecule has 0 aliphatic heterocycles. The van der Waals surface area contributed by atoms with Gasteiger partial charge in [0, 0.05) is 5.92 Å². The molecule has 1 N–H and O–H groups in total. The summed E-state index contributed by atoms with van der Waals surface area (Å²) in [6.07, 6.45) is 5.56. The van der Waals surface area contributed by atoms with E-state index in [2.05, 4.69) is 28.1 Å². The molecular weight excluding hydrogens is 304 g/mol. The Hall–Kier alpha value is -1.06. The lowest BCUT2D eigenvalue weighted by molar-refractivity contribution is -0.0411. The standard InChI is InChI=1S/C16H17BrO2/c17-14-9-11-19-15(14)16(18)10-5-4-8-13(16)12-6-2-1-3-7-12/h1-3,6-7,9,11,13,18H,4-5,8,10H2. The summed E-state index contributed by atoms with van der Waals surface area (Å²) in [6.45, 7) is 0. The van der Waals surface area contributed by atoms with E-state index >= 15 is 0 Å². The summed E-state index contributed by atoms with van der Waals surface area (Å²) in [5.74, 6) is 0.769. The van der Waals surface area contributed by atoms with Crippen LogP contribution in [0.15, 0.2) is 51.6 Å². The van der Waals surface area contributed by atoms with Gasteiger partial charge in [-0.2, -0.15) is 0 Å². The molecule has 0 saturated heterocycles. The average molecular weight is 321 g/mol. The zero-order chi connectivity index (χ0) is 13.3. The summed E-state index contributed by atoms with van der Waals surface area (Å²) in [6, 6.07) is 12.1. The fourth-order valence-corrected chi connectivity index (χ4v) is 3.70. The third-order valence-electron chi connectivity index (χ3n) is 4.09. The number of halogens is 1. The maximum Gasteiger partial charge on any atom is 0.150 e. The van der Waals surface area contributed by atoms with E-state index < -0.39 is 5.60 Å². The molecule has 1 aliphatic carbocycles. The summed E-state index contributed by atoms with van der Waals surface area (Å²) >= 11 is 3.48. The minimum Gasteiger partial charge on any atom is -0.465 e. The van der Waals surface area contributed by atoms with E-state index in [9.17, 15) is 5.11 Å². The number of hydrogen-bond donors (Lipinski definition) is 1. The van der Waals surface area contributed by atoms with Gasteiger partial charge in [0.2, 0.25) is 0 Å². The Labute approximate surface area is 121 Å². The Kier molecular flexibility index (Phi) is 3.50. The second kappa shape index (κ2) is 5.14. The largest absolute Gasteiger partial charge is 0.465 e. The van der Waals surface area contributed by atoms with Gasteiger partial charge in [-0.15, -0.1) is 0 Å². The quantitative estimate of drug-likeness (QED) is 0.878. The van der Waals surface area contributed by atoms with Gasteiger partial charge in [0.1, 0.15) is 11.4 Å². The zero-order valence-corrected chi connectivity index (χ0v) is 12.3. The van der Waals surface area contributed by atoms with Gasteiger partial charge < -0.3 is 9.52 Å². The van der Waals surface area contributed by atoms with E-state index in [0.717, 1.165) is 30.2 Å². The number of rotatable bonds is 2. The highest BCUT2D eigenvalue weighted by Gasteiger charge is 2.44. The van der Waals surface area contributed by atoms with Crippen molar-refractivity contribution in [2.24, 2.45) is 0 Å². The Morgan fingerprint density at radius 3 is 2.63 bits per heavy atom. The Balaban J connectivity index is 2.04. The van der Waals surface area contributed by atoms with E-state index in [1.54, 1.807) is 6.26 Å². The first-order chi connectivity index (χ1) is 9.22. The van der Waals surface area contributed by atoms with Crippen LogP contribution in [0.2, 0.25) is 0 Å². The van der Waals surface area contributed by atoms with Crippen molar-refractivity contribution in [3.05, 3.63) is 58.5 Å². The van der Waals surface area contributed by atoms with Crippen LogP contribution < -0.4 is 0 Å². The normalized spacial score (nSPS) is 27.4. The molecule has 2 nitrogen and oxygen atoms in total. The van der Waals surface area contributed by atoms with Crippen molar-refractivity contribution in [3.8, 4) is 0 Å². The molecule has 1 saturated carbocycles. The van der Waals surface area contributed by atoms with Crippen LogP contribution in [0.3, 0.4) is 0 Å². The van der Waals surface area contributed by atoms with Gasteiger partial charge in [-0.25, -0.2) is 0 Å². The van der Waals surface area contributed by atoms with Crippen LogP contribution >= 0.6 is 15.9 Å². The second-order valence-corrected chi connectivity index (χ2v) is 6.09. The first kappa shape index (κ1) is 12.9. The van der Waals surface area contributed by atoms with Crippen LogP contribution in [0, 0.1) is 0 Å². The van der Waals surface area contributed by atoms with Crippen LogP contribution in [0.4, 0.5) is 0 Å². The summed E-state index contributed by atoms with van der Waals surface area (Å²) < 4.78 is 6.42. The summed E-state index contributed by atoms with van der Waals surface area (Å²) in [5.41, 5.74) is 0.287. The highest BCUT2D eigenvalue weighted by molar-refractivity contribution is 9.10. The fraction of sp³-hybridized carbons (Fsp3) is 0.375.